The molecule has 2 rings (SSSR count). The van der Waals surface area contributed by atoms with Gasteiger partial charge < -0.3 is 4.74 Å². The first kappa shape index (κ1) is 10.3. The fraction of sp³-hybridized carbons (Fsp3) is 0.200. The number of ether oxygens (including phenoxy) is 1. The summed E-state index contributed by atoms with van der Waals surface area (Å²) in [5, 5.41) is 3.14. The third kappa shape index (κ3) is 1.64. The Bertz CT molecular complexity index is 466. The van der Waals surface area contributed by atoms with Gasteiger partial charge in [-0.25, -0.2) is 0 Å². The summed E-state index contributed by atoms with van der Waals surface area (Å²) in [4.78, 5) is 0. The molecular weight excluding hydrogens is 284 g/mol. The quantitative estimate of drug-likeness (QED) is 0.745. The van der Waals surface area contributed by atoms with Crippen molar-refractivity contribution in [3.63, 3.8) is 0 Å². The zero-order valence-electron chi connectivity index (χ0n) is 7.51. The maximum Gasteiger partial charge on any atom is 0.137 e. The van der Waals surface area contributed by atoms with Gasteiger partial charge >= 0.3 is 0 Å². The largest absolute Gasteiger partial charge is 0.495 e. The van der Waals surface area contributed by atoms with Crippen LogP contribution in [0.3, 0.4) is 0 Å². The zero-order valence-corrected chi connectivity index (χ0v) is 10.7. The molecule has 0 saturated heterocycles. The van der Waals surface area contributed by atoms with E-state index in [1.165, 1.54) is 4.70 Å². The van der Waals surface area contributed by atoms with Crippen molar-refractivity contribution in [1.29, 1.82) is 0 Å². The summed E-state index contributed by atoms with van der Waals surface area (Å²) in [7, 11) is 1.68. The van der Waals surface area contributed by atoms with E-state index in [0.29, 0.717) is 5.88 Å². The van der Waals surface area contributed by atoms with Crippen molar-refractivity contribution in [2.75, 3.05) is 7.11 Å². The zero-order chi connectivity index (χ0) is 10.1. The number of alkyl halides is 1. The number of hydrogen-bond acceptors (Lipinski definition) is 2. The highest BCUT2D eigenvalue weighted by Gasteiger charge is 2.09. The second kappa shape index (κ2) is 4.09. The van der Waals surface area contributed by atoms with Crippen LogP contribution in [0.2, 0.25) is 0 Å². The molecule has 14 heavy (non-hydrogen) atoms. The van der Waals surface area contributed by atoms with Gasteiger partial charge in [-0.15, -0.1) is 22.9 Å². The summed E-state index contributed by atoms with van der Waals surface area (Å²) in [5.74, 6) is 1.41. The molecule has 0 N–H and O–H groups in total. The average Bonchev–Trinajstić information content (AvgIpc) is 2.59. The number of fused-ring (bicyclic) bond motifs is 1. The Morgan fingerprint density at radius 3 is 2.93 bits per heavy atom. The molecule has 0 aliphatic carbocycles. The second-order valence-electron chi connectivity index (χ2n) is 2.88. The Kier molecular flexibility index (Phi) is 3.00. The molecule has 1 heterocycles. The van der Waals surface area contributed by atoms with Gasteiger partial charge in [-0.2, -0.15) is 0 Å². The van der Waals surface area contributed by atoms with Gasteiger partial charge in [0.05, 0.1) is 7.11 Å². The third-order valence-electron chi connectivity index (χ3n) is 2.05. The lowest BCUT2D eigenvalue weighted by atomic mass is 10.1. The van der Waals surface area contributed by atoms with Gasteiger partial charge in [-0.3, -0.25) is 0 Å². The van der Waals surface area contributed by atoms with Crippen LogP contribution in [0.15, 0.2) is 22.0 Å². The standard InChI is InChI=1S/C10H8BrClOS/c1-13-8-5-14-9-3-7(11)2-6(4-12)10(8)9/h2-3,5H,4H2,1H3. The van der Waals surface area contributed by atoms with Crippen molar-refractivity contribution in [3.8, 4) is 5.75 Å². The molecule has 74 valence electrons. The second-order valence-corrected chi connectivity index (χ2v) is 4.97. The molecule has 0 spiro atoms. The first-order chi connectivity index (χ1) is 6.76. The summed E-state index contributed by atoms with van der Waals surface area (Å²) >= 11 is 11.0. The normalized spacial score (nSPS) is 10.8. The first-order valence-corrected chi connectivity index (χ1v) is 6.26. The Balaban J connectivity index is 2.78. The molecule has 1 aromatic heterocycles. The van der Waals surface area contributed by atoms with E-state index in [9.17, 15) is 0 Å². The summed E-state index contributed by atoms with van der Waals surface area (Å²) in [5.41, 5.74) is 1.11. The van der Waals surface area contributed by atoms with E-state index in [1.807, 2.05) is 11.4 Å². The number of thiophene rings is 1. The molecule has 0 saturated carbocycles. The molecule has 0 unspecified atom stereocenters. The molecule has 0 atom stereocenters. The lowest BCUT2D eigenvalue weighted by molar-refractivity contribution is 0.421. The van der Waals surface area contributed by atoms with Crippen LogP contribution in [0, 0.1) is 0 Å². The van der Waals surface area contributed by atoms with Crippen LogP contribution in [-0.4, -0.2) is 7.11 Å². The van der Waals surface area contributed by atoms with Gasteiger partial charge in [0, 0.05) is 25.8 Å². The van der Waals surface area contributed by atoms with E-state index >= 15 is 0 Å². The van der Waals surface area contributed by atoms with E-state index in [4.69, 9.17) is 16.3 Å². The Hall–Kier alpha value is -0.250. The van der Waals surface area contributed by atoms with Gasteiger partial charge in [0.15, 0.2) is 0 Å². The Labute approximate surface area is 99.8 Å². The molecule has 0 aliphatic heterocycles. The molecule has 0 aliphatic rings. The fourth-order valence-electron chi connectivity index (χ4n) is 1.44. The molecular formula is C10H8BrClOS. The van der Waals surface area contributed by atoms with Crippen LogP contribution in [-0.2, 0) is 5.88 Å². The molecule has 1 nitrogen and oxygen atoms in total. The molecule has 0 radical (unpaired) electrons. The minimum Gasteiger partial charge on any atom is -0.495 e. The van der Waals surface area contributed by atoms with Crippen molar-refractivity contribution in [2.24, 2.45) is 0 Å². The summed E-state index contributed by atoms with van der Waals surface area (Å²) in [6, 6.07) is 4.11. The molecule has 0 bridgehead atoms. The van der Waals surface area contributed by atoms with Gasteiger partial charge in [-0.1, -0.05) is 15.9 Å². The monoisotopic (exact) mass is 290 g/mol. The molecule has 4 heteroatoms. The fourth-order valence-corrected chi connectivity index (χ4v) is 3.30. The average molecular weight is 292 g/mol. The molecule has 1 aromatic carbocycles. The van der Waals surface area contributed by atoms with Crippen molar-refractivity contribution in [1.82, 2.24) is 0 Å². The smallest absolute Gasteiger partial charge is 0.137 e. The van der Waals surface area contributed by atoms with Crippen molar-refractivity contribution >= 4 is 49.0 Å². The van der Waals surface area contributed by atoms with Crippen molar-refractivity contribution in [2.45, 2.75) is 5.88 Å². The lowest BCUT2D eigenvalue weighted by Crippen LogP contribution is -1.84. The third-order valence-corrected chi connectivity index (χ3v) is 3.71. The maximum atomic E-state index is 5.89. The predicted octanol–water partition coefficient (Wildman–Crippen LogP) is 4.41. The van der Waals surface area contributed by atoms with Gasteiger partial charge in [0.25, 0.3) is 0 Å². The van der Waals surface area contributed by atoms with Crippen LogP contribution < -0.4 is 4.74 Å². The van der Waals surface area contributed by atoms with E-state index < -0.39 is 0 Å². The van der Waals surface area contributed by atoms with Crippen LogP contribution in [0.4, 0.5) is 0 Å². The summed E-state index contributed by atoms with van der Waals surface area (Å²) < 4.78 is 7.55. The van der Waals surface area contributed by atoms with Gasteiger partial charge in [-0.05, 0) is 17.7 Å². The minimum absolute atomic E-state index is 0.503. The number of rotatable bonds is 2. The van der Waals surface area contributed by atoms with Crippen molar-refractivity contribution in [3.05, 3.63) is 27.5 Å². The topological polar surface area (TPSA) is 9.23 Å². The lowest BCUT2D eigenvalue weighted by Gasteiger charge is -2.03. The SMILES string of the molecule is COc1csc2cc(Br)cc(CCl)c12. The molecule has 0 fully saturated rings. The Morgan fingerprint density at radius 1 is 1.50 bits per heavy atom. The first-order valence-electron chi connectivity index (χ1n) is 4.06. The van der Waals surface area contributed by atoms with Crippen molar-refractivity contribution < 1.29 is 4.74 Å². The number of methoxy groups -OCH3 is 1. The number of halogens is 2. The van der Waals surface area contributed by atoms with E-state index in [0.717, 1.165) is 21.2 Å². The minimum atomic E-state index is 0.503. The number of hydrogen-bond donors (Lipinski definition) is 0. The highest BCUT2D eigenvalue weighted by atomic mass is 79.9. The van der Waals surface area contributed by atoms with Gasteiger partial charge in [0.2, 0.25) is 0 Å². The van der Waals surface area contributed by atoms with Gasteiger partial charge in [0.1, 0.15) is 5.75 Å². The van der Waals surface area contributed by atoms with E-state index in [-0.39, 0.29) is 0 Å². The highest BCUT2D eigenvalue weighted by Crippen LogP contribution is 2.37. The maximum absolute atomic E-state index is 5.89. The van der Waals surface area contributed by atoms with Crippen LogP contribution in [0.1, 0.15) is 5.56 Å². The highest BCUT2D eigenvalue weighted by molar-refractivity contribution is 9.10. The van der Waals surface area contributed by atoms with Crippen LogP contribution in [0.5, 0.6) is 5.75 Å². The summed E-state index contributed by atoms with van der Waals surface area (Å²) in [6.45, 7) is 0. The van der Waals surface area contributed by atoms with E-state index in [1.54, 1.807) is 18.4 Å². The predicted molar refractivity (Wildman–Crippen MR) is 65.6 cm³/mol. The Morgan fingerprint density at radius 2 is 2.29 bits per heavy atom. The summed E-state index contributed by atoms with van der Waals surface area (Å²) in [6.07, 6.45) is 0. The van der Waals surface area contributed by atoms with Crippen LogP contribution in [0.25, 0.3) is 10.1 Å². The van der Waals surface area contributed by atoms with E-state index in [2.05, 4.69) is 22.0 Å². The molecule has 2 aromatic rings. The molecule has 0 amide bonds. The number of benzene rings is 1. The van der Waals surface area contributed by atoms with Crippen LogP contribution >= 0.6 is 38.9 Å².